The van der Waals surface area contributed by atoms with Crippen LogP contribution in [0.2, 0.25) is 0 Å². The van der Waals surface area contributed by atoms with Crippen molar-refractivity contribution in [1.82, 2.24) is 9.29 Å². The average molecular weight is 283 g/mol. The molecule has 0 radical (unpaired) electrons. The fraction of sp³-hybridized carbons (Fsp3) is 0.615. The van der Waals surface area contributed by atoms with E-state index in [1.165, 1.54) is 6.20 Å². The van der Waals surface area contributed by atoms with Crippen molar-refractivity contribution < 1.29 is 8.42 Å². The zero-order chi connectivity index (χ0) is 14.0. The molecular formula is C13H21N3O2S. The van der Waals surface area contributed by atoms with Crippen LogP contribution in [0, 0.1) is 5.92 Å². The van der Waals surface area contributed by atoms with E-state index < -0.39 is 10.0 Å². The van der Waals surface area contributed by atoms with Crippen LogP contribution >= 0.6 is 0 Å². The molecule has 0 amide bonds. The van der Waals surface area contributed by atoms with Crippen molar-refractivity contribution in [3.8, 4) is 0 Å². The van der Waals surface area contributed by atoms with Crippen LogP contribution in [0.15, 0.2) is 23.2 Å². The van der Waals surface area contributed by atoms with E-state index in [0.29, 0.717) is 23.2 Å². The van der Waals surface area contributed by atoms with Crippen molar-refractivity contribution in [2.24, 2.45) is 5.92 Å². The molecule has 5 nitrogen and oxygen atoms in total. The Kier molecular flexibility index (Phi) is 4.10. The van der Waals surface area contributed by atoms with E-state index in [1.807, 2.05) is 0 Å². The lowest BCUT2D eigenvalue weighted by Gasteiger charge is -2.26. The van der Waals surface area contributed by atoms with Gasteiger partial charge in [0.1, 0.15) is 5.82 Å². The quantitative estimate of drug-likeness (QED) is 0.917. The molecule has 0 spiro atoms. The number of nitrogens with one attached hydrogen (secondary N) is 1. The van der Waals surface area contributed by atoms with E-state index in [-0.39, 0.29) is 6.04 Å². The molecule has 1 fully saturated rings. The lowest BCUT2D eigenvalue weighted by atomic mass is 10.0. The first-order valence-corrected chi connectivity index (χ1v) is 8.06. The Morgan fingerprint density at radius 1 is 1.47 bits per heavy atom. The van der Waals surface area contributed by atoms with Crippen LogP contribution in [0.4, 0.5) is 5.82 Å². The van der Waals surface area contributed by atoms with Crippen molar-refractivity contribution in [2.75, 3.05) is 18.9 Å². The Bertz CT molecular complexity index is 543. The molecule has 1 aliphatic heterocycles. The fourth-order valence-corrected chi connectivity index (χ4v) is 4.41. The smallest absolute Gasteiger partial charge is 0.243 e. The van der Waals surface area contributed by atoms with Gasteiger partial charge in [0, 0.05) is 31.9 Å². The maximum absolute atomic E-state index is 12.7. The molecular weight excluding hydrogens is 262 g/mol. The van der Waals surface area contributed by atoms with Gasteiger partial charge in [-0.1, -0.05) is 13.8 Å². The van der Waals surface area contributed by atoms with Gasteiger partial charge in [-0.3, -0.25) is 0 Å². The van der Waals surface area contributed by atoms with Crippen LogP contribution in [0.5, 0.6) is 0 Å². The molecule has 2 heterocycles. The van der Waals surface area contributed by atoms with Crippen LogP contribution in [0.25, 0.3) is 0 Å². The summed E-state index contributed by atoms with van der Waals surface area (Å²) in [7, 11) is -1.68. The average Bonchev–Trinajstić information content (AvgIpc) is 2.89. The lowest BCUT2D eigenvalue weighted by molar-refractivity contribution is 0.316. The predicted molar refractivity (Wildman–Crippen MR) is 75.5 cm³/mol. The highest BCUT2D eigenvalue weighted by molar-refractivity contribution is 7.89. The third-order valence-electron chi connectivity index (χ3n) is 3.61. The minimum atomic E-state index is -3.41. The first-order valence-electron chi connectivity index (χ1n) is 6.62. The molecule has 0 aromatic carbocycles. The van der Waals surface area contributed by atoms with E-state index in [1.54, 1.807) is 23.5 Å². The van der Waals surface area contributed by atoms with Gasteiger partial charge in [-0.05, 0) is 24.8 Å². The Hall–Kier alpha value is -1.14. The molecule has 0 bridgehead atoms. The first kappa shape index (κ1) is 14.3. The summed E-state index contributed by atoms with van der Waals surface area (Å²) in [6.45, 7) is 4.76. The van der Waals surface area contributed by atoms with Crippen molar-refractivity contribution in [3.05, 3.63) is 18.3 Å². The molecule has 1 aliphatic rings. The molecule has 6 heteroatoms. The molecule has 0 aliphatic carbocycles. The monoisotopic (exact) mass is 283 g/mol. The molecule has 1 aromatic heterocycles. The van der Waals surface area contributed by atoms with Crippen molar-refractivity contribution >= 4 is 15.8 Å². The highest BCUT2D eigenvalue weighted by atomic mass is 32.2. The van der Waals surface area contributed by atoms with Crippen molar-refractivity contribution in [3.63, 3.8) is 0 Å². The third kappa shape index (κ3) is 2.74. The van der Waals surface area contributed by atoms with Gasteiger partial charge in [0.15, 0.2) is 0 Å². The van der Waals surface area contributed by atoms with E-state index in [0.717, 1.165) is 12.8 Å². The van der Waals surface area contributed by atoms with Crippen LogP contribution < -0.4 is 5.32 Å². The highest BCUT2D eigenvalue weighted by Gasteiger charge is 2.36. The van der Waals surface area contributed by atoms with Gasteiger partial charge >= 0.3 is 0 Å². The minimum Gasteiger partial charge on any atom is -0.373 e. The van der Waals surface area contributed by atoms with Gasteiger partial charge in [-0.2, -0.15) is 4.31 Å². The van der Waals surface area contributed by atoms with Crippen LogP contribution in [0.3, 0.4) is 0 Å². The van der Waals surface area contributed by atoms with E-state index in [9.17, 15) is 8.42 Å². The maximum atomic E-state index is 12.7. The predicted octanol–water partition coefficient (Wildman–Crippen LogP) is 1.93. The SMILES string of the molecule is CNc1cc(S(=O)(=O)N2CCCC2C(C)C)ccn1. The fourth-order valence-electron chi connectivity index (χ4n) is 2.57. The van der Waals surface area contributed by atoms with Gasteiger partial charge < -0.3 is 5.32 Å². The zero-order valence-corrected chi connectivity index (χ0v) is 12.4. The maximum Gasteiger partial charge on any atom is 0.243 e. The summed E-state index contributed by atoms with van der Waals surface area (Å²) in [5.41, 5.74) is 0. The number of anilines is 1. The number of hydrogen-bond donors (Lipinski definition) is 1. The second kappa shape index (κ2) is 5.46. The number of pyridine rings is 1. The summed E-state index contributed by atoms with van der Waals surface area (Å²) in [6, 6.07) is 3.26. The van der Waals surface area contributed by atoms with Crippen molar-refractivity contribution in [1.29, 1.82) is 0 Å². The number of hydrogen-bond acceptors (Lipinski definition) is 4. The van der Waals surface area contributed by atoms with E-state index in [4.69, 9.17) is 0 Å². The van der Waals surface area contributed by atoms with Gasteiger partial charge in [0.05, 0.1) is 4.90 Å². The second-order valence-electron chi connectivity index (χ2n) is 5.20. The molecule has 19 heavy (non-hydrogen) atoms. The molecule has 1 saturated heterocycles. The van der Waals surface area contributed by atoms with Gasteiger partial charge in [-0.15, -0.1) is 0 Å². The largest absolute Gasteiger partial charge is 0.373 e. The molecule has 1 unspecified atom stereocenters. The zero-order valence-electron chi connectivity index (χ0n) is 11.6. The van der Waals surface area contributed by atoms with E-state index in [2.05, 4.69) is 24.1 Å². The minimum absolute atomic E-state index is 0.108. The Balaban J connectivity index is 2.36. The Labute approximate surface area is 115 Å². The molecule has 1 atom stereocenters. The van der Waals surface area contributed by atoms with Crippen LogP contribution in [-0.2, 0) is 10.0 Å². The normalized spacial score (nSPS) is 20.9. The van der Waals surface area contributed by atoms with Crippen molar-refractivity contribution in [2.45, 2.75) is 37.6 Å². The molecule has 2 rings (SSSR count). The third-order valence-corrected chi connectivity index (χ3v) is 5.53. The molecule has 1 aromatic rings. The number of rotatable bonds is 4. The van der Waals surface area contributed by atoms with Gasteiger partial charge in [0.2, 0.25) is 10.0 Å². The summed E-state index contributed by atoms with van der Waals surface area (Å²) in [6.07, 6.45) is 3.41. The molecule has 1 N–H and O–H groups in total. The first-order chi connectivity index (χ1) is 8.96. The Morgan fingerprint density at radius 3 is 2.84 bits per heavy atom. The summed E-state index contributed by atoms with van der Waals surface area (Å²) in [5.74, 6) is 0.907. The van der Waals surface area contributed by atoms with Crippen LogP contribution in [-0.4, -0.2) is 37.3 Å². The number of aromatic nitrogens is 1. The van der Waals surface area contributed by atoms with Gasteiger partial charge in [-0.25, -0.2) is 13.4 Å². The highest BCUT2D eigenvalue weighted by Crippen LogP contribution is 2.30. The second-order valence-corrected chi connectivity index (χ2v) is 7.09. The summed E-state index contributed by atoms with van der Waals surface area (Å²) in [4.78, 5) is 4.38. The molecule has 106 valence electrons. The summed E-state index contributed by atoms with van der Waals surface area (Å²) >= 11 is 0. The Morgan fingerprint density at radius 2 is 2.21 bits per heavy atom. The number of nitrogens with zero attached hydrogens (tertiary/aromatic N) is 2. The van der Waals surface area contributed by atoms with E-state index >= 15 is 0 Å². The summed E-state index contributed by atoms with van der Waals surface area (Å²) in [5, 5.41) is 2.87. The van der Waals surface area contributed by atoms with Crippen LogP contribution in [0.1, 0.15) is 26.7 Å². The lowest BCUT2D eigenvalue weighted by Crippen LogP contribution is -2.38. The standard InChI is InChI=1S/C13H21N3O2S/c1-10(2)12-5-4-8-16(12)19(17,18)11-6-7-15-13(9-11)14-3/h6-7,9-10,12H,4-5,8H2,1-3H3,(H,14,15). The topological polar surface area (TPSA) is 62.3 Å². The summed E-state index contributed by atoms with van der Waals surface area (Å²) < 4.78 is 27.0. The number of sulfonamides is 1. The van der Waals surface area contributed by atoms with Gasteiger partial charge in [0.25, 0.3) is 0 Å². The molecule has 0 saturated carbocycles.